The van der Waals surface area contributed by atoms with E-state index in [1.54, 1.807) is 6.07 Å². The summed E-state index contributed by atoms with van der Waals surface area (Å²) in [7, 11) is 1.54. The third-order valence-electron chi connectivity index (χ3n) is 2.95. The molecular formula is C13H13N3O5. The lowest BCUT2D eigenvalue weighted by molar-refractivity contribution is 0.0686. The molecule has 8 heteroatoms. The van der Waals surface area contributed by atoms with Gasteiger partial charge in [0, 0.05) is 12.7 Å². The Hall–Kier alpha value is -2.61. The molecule has 0 saturated heterocycles. The Bertz CT molecular complexity index is 682. The minimum Gasteiger partial charge on any atom is -0.486 e. The Morgan fingerprint density at radius 2 is 2.24 bits per heavy atom. The lowest BCUT2D eigenvalue weighted by Crippen LogP contribution is -2.18. The average Bonchev–Trinajstić information content (AvgIpc) is 2.95. The molecular weight excluding hydrogens is 278 g/mol. The first-order chi connectivity index (χ1) is 10.2. The number of aromatic nitrogens is 3. The molecule has 1 aromatic heterocycles. The number of nitrogens with zero attached hydrogens (tertiary/aromatic N) is 3. The summed E-state index contributed by atoms with van der Waals surface area (Å²) in [6, 6.07) is 3.19. The van der Waals surface area contributed by atoms with Gasteiger partial charge in [0.05, 0.1) is 6.20 Å². The number of rotatable bonds is 4. The summed E-state index contributed by atoms with van der Waals surface area (Å²) in [6.07, 6.45) is 1.54. The lowest BCUT2D eigenvalue weighted by Gasteiger charge is -2.20. The summed E-state index contributed by atoms with van der Waals surface area (Å²) in [4.78, 5) is 12.7. The van der Waals surface area contributed by atoms with E-state index in [1.807, 2.05) is 0 Å². The fourth-order valence-electron chi connectivity index (χ4n) is 2.07. The standard InChI is InChI=1S/C13H13N3O5/c1-19-7-16-14-6-10(15-16)8-4-9(13(17)18)12-11(5-8)20-2-3-21-12/h4-6H,2-3,7H2,1H3,(H,17,18). The van der Waals surface area contributed by atoms with Crippen molar-refractivity contribution in [2.75, 3.05) is 20.3 Å². The molecule has 1 aliphatic rings. The van der Waals surface area contributed by atoms with Crippen LogP contribution in [0.3, 0.4) is 0 Å². The highest BCUT2D eigenvalue weighted by Gasteiger charge is 2.23. The number of benzene rings is 1. The highest BCUT2D eigenvalue weighted by Crippen LogP contribution is 2.37. The molecule has 0 atom stereocenters. The molecule has 8 nitrogen and oxygen atoms in total. The number of carboxylic acid groups (broad SMARTS) is 1. The van der Waals surface area contributed by atoms with Gasteiger partial charge >= 0.3 is 5.97 Å². The van der Waals surface area contributed by atoms with Gasteiger partial charge < -0.3 is 19.3 Å². The van der Waals surface area contributed by atoms with Crippen molar-refractivity contribution in [1.29, 1.82) is 0 Å². The Kier molecular flexibility index (Phi) is 3.44. The van der Waals surface area contributed by atoms with E-state index in [0.717, 1.165) is 0 Å². The normalized spacial score (nSPS) is 13.2. The maximum absolute atomic E-state index is 11.4. The van der Waals surface area contributed by atoms with Gasteiger partial charge in [0.25, 0.3) is 0 Å². The molecule has 2 aromatic rings. The SMILES string of the molecule is COCn1ncc(-c2cc3c(c(C(=O)O)c2)OCCO3)n1. The maximum atomic E-state index is 11.4. The van der Waals surface area contributed by atoms with Crippen LogP contribution in [-0.2, 0) is 11.5 Å². The summed E-state index contributed by atoms with van der Waals surface area (Å²) in [6.45, 7) is 0.929. The highest BCUT2D eigenvalue weighted by atomic mass is 16.6. The van der Waals surface area contributed by atoms with Crippen LogP contribution in [-0.4, -0.2) is 46.4 Å². The van der Waals surface area contributed by atoms with Gasteiger partial charge in [0.15, 0.2) is 18.2 Å². The third kappa shape index (κ3) is 2.52. The van der Waals surface area contributed by atoms with Crippen LogP contribution >= 0.6 is 0 Å². The summed E-state index contributed by atoms with van der Waals surface area (Å²) < 4.78 is 15.8. The molecule has 1 aliphatic heterocycles. The first-order valence-electron chi connectivity index (χ1n) is 6.25. The second kappa shape index (κ2) is 5.41. The van der Waals surface area contributed by atoms with Crippen molar-refractivity contribution >= 4 is 5.97 Å². The average molecular weight is 291 g/mol. The largest absolute Gasteiger partial charge is 0.486 e. The fourth-order valence-corrected chi connectivity index (χ4v) is 2.07. The second-order valence-corrected chi connectivity index (χ2v) is 4.37. The quantitative estimate of drug-likeness (QED) is 0.898. The molecule has 0 bridgehead atoms. The molecule has 0 unspecified atom stereocenters. The van der Waals surface area contributed by atoms with E-state index in [9.17, 15) is 9.90 Å². The smallest absolute Gasteiger partial charge is 0.339 e. The first-order valence-corrected chi connectivity index (χ1v) is 6.25. The van der Waals surface area contributed by atoms with Gasteiger partial charge in [-0.3, -0.25) is 0 Å². The molecule has 0 fully saturated rings. The maximum Gasteiger partial charge on any atom is 0.339 e. The first kappa shape index (κ1) is 13.4. The Balaban J connectivity index is 2.05. The van der Waals surface area contributed by atoms with Gasteiger partial charge in [-0.25, -0.2) is 4.79 Å². The van der Waals surface area contributed by atoms with Crippen LogP contribution in [0.2, 0.25) is 0 Å². The van der Waals surface area contributed by atoms with Crippen LogP contribution in [0, 0.1) is 0 Å². The van der Waals surface area contributed by atoms with E-state index in [4.69, 9.17) is 14.2 Å². The van der Waals surface area contributed by atoms with Crippen molar-refractivity contribution < 1.29 is 24.1 Å². The number of aromatic carboxylic acids is 1. The van der Waals surface area contributed by atoms with Crippen LogP contribution in [0.25, 0.3) is 11.3 Å². The van der Waals surface area contributed by atoms with Gasteiger partial charge in [-0.05, 0) is 12.1 Å². The van der Waals surface area contributed by atoms with E-state index in [0.29, 0.717) is 30.2 Å². The van der Waals surface area contributed by atoms with Crippen LogP contribution in [0.15, 0.2) is 18.3 Å². The van der Waals surface area contributed by atoms with Gasteiger partial charge in [-0.1, -0.05) is 0 Å². The zero-order valence-corrected chi connectivity index (χ0v) is 11.3. The van der Waals surface area contributed by atoms with E-state index >= 15 is 0 Å². The molecule has 0 radical (unpaired) electrons. The van der Waals surface area contributed by atoms with E-state index in [-0.39, 0.29) is 18.0 Å². The van der Waals surface area contributed by atoms with Gasteiger partial charge in [-0.15, -0.1) is 0 Å². The second-order valence-electron chi connectivity index (χ2n) is 4.37. The highest BCUT2D eigenvalue weighted by molar-refractivity contribution is 5.94. The monoisotopic (exact) mass is 291 g/mol. The van der Waals surface area contributed by atoms with E-state index in [1.165, 1.54) is 24.2 Å². The Labute approximate surface area is 119 Å². The molecule has 0 amide bonds. The van der Waals surface area contributed by atoms with E-state index < -0.39 is 5.97 Å². The van der Waals surface area contributed by atoms with Gasteiger partial charge in [0.2, 0.25) is 0 Å². The minimum atomic E-state index is -1.08. The number of methoxy groups -OCH3 is 1. The summed E-state index contributed by atoms with van der Waals surface area (Å²) in [5.41, 5.74) is 1.18. The number of carboxylic acids is 1. The topological polar surface area (TPSA) is 95.7 Å². The molecule has 2 heterocycles. The molecule has 1 aromatic carbocycles. The molecule has 0 saturated carbocycles. The van der Waals surface area contributed by atoms with Crippen LogP contribution < -0.4 is 9.47 Å². The molecule has 110 valence electrons. The molecule has 3 rings (SSSR count). The predicted molar refractivity (Wildman–Crippen MR) is 70.4 cm³/mol. The van der Waals surface area contributed by atoms with Crippen molar-refractivity contribution in [3.8, 4) is 22.8 Å². The summed E-state index contributed by atoms with van der Waals surface area (Å²) >= 11 is 0. The predicted octanol–water partition coefficient (Wildman–Crippen LogP) is 1.02. The van der Waals surface area contributed by atoms with Crippen molar-refractivity contribution in [3.63, 3.8) is 0 Å². The van der Waals surface area contributed by atoms with Crippen molar-refractivity contribution in [3.05, 3.63) is 23.9 Å². The molecule has 0 aliphatic carbocycles. The molecule has 21 heavy (non-hydrogen) atoms. The minimum absolute atomic E-state index is 0.0449. The zero-order chi connectivity index (χ0) is 14.8. The van der Waals surface area contributed by atoms with E-state index in [2.05, 4.69) is 10.2 Å². The number of hydrogen-bond acceptors (Lipinski definition) is 6. The lowest BCUT2D eigenvalue weighted by atomic mass is 10.1. The number of fused-ring (bicyclic) bond motifs is 1. The van der Waals surface area contributed by atoms with Crippen LogP contribution in [0.5, 0.6) is 11.5 Å². The zero-order valence-electron chi connectivity index (χ0n) is 11.3. The summed E-state index contributed by atoms with van der Waals surface area (Å²) in [5, 5.41) is 17.5. The number of hydrogen-bond donors (Lipinski definition) is 1. The Morgan fingerprint density at radius 1 is 1.43 bits per heavy atom. The Morgan fingerprint density at radius 3 is 3.00 bits per heavy atom. The third-order valence-corrected chi connectivity index (χ3v) is 2.95. The fraction of sp³-hybridized carbons (Fsp3) is 0.308. The van der Waals surface area contributed by atoms with Crippen LogP contribution in [0.1, 0.15) is 10.4 Å². The number of ether oxygens (including phenoxy) is 3. The summed E-state index contributed by atoms with van der Waals surface area (Å²) in [5.74, 6) is -0.429. The van der Waals surface area contributed by atoms with Gasteiger partial charge in [0.1, 0.15) is 24.5 Å². The van der Waals surface area contributed by atoms with Crippen molar-refractivity contribution in [2.24, 2.45) is 0 Å². The van der Waals surface area contributed by atoms with Crippen molar-refractivity contribution in [1.82, 2.24) is 15.0 Å². The van der Waals surface area contributed by atoms with Crippen LogP contribution in [0.4, 0.5) is 0 Å². The number of carbonyl (C=O) groups is 1. The molecule has 1 N–H and O–H groups in total. The molecule has 0 spiro atoms. The van der Waals surface area contributed by atoms with Gasteiger partial charge in [-0.2, -0.15) is 15.0 Å². The van der Waals surface area contributed by atoms with Crippen molar-refractivity contribution in [2.45, 2.75) is 6.73 Å².